The number of aliphatic hydroxyl groups excluding tert-OH is 1. The second kappa shape index (κ2) is 6.91. The second-order valence-corrected chi connectivity index (χ2v) is 3.67. The Labute approximate surface area is 102 Å². The molecule has 2 N–H and O–H groups in total. The molecule has 0 aromatic heterocycles. The second-order valence-electron chi connectivity index (χ2n) is 3.67. The van der Waals surface area contributed by atoms with E-state index >= 15 is 0 Å². The molecule has 0 aliphatic rings. The molecule has 0 atom stereocenters. The predicted octanol–water partition coefficient (Wildman–Crippen LogP) is 1.65. The summed E-state index contributed by atoms with van der Waals surface area (Å²) in [5.41, 5.74) is 1.68. The summed E-state index contributed by atoms with van der Waals surface area (Å²) in [7, 11) is 0. The summed E-state index contributed by atoms with van der Waals surface area (Å²) in [6.45, 7) is 6.36. The highest BCUT2D eigenvalue weighted by molar-refractivity contribution is 5.84. The van der Waals surface area contributed by atoms with Crippen molar-refractivity contribution in [1.82, 2.24) is 0 Å². The van der Waals surface area contributed by atoms with Crippen LogP contribution in [-0.2, 0) is 0 Å². The Hall–Kier alpha value is -1.55. The van der Waals surface area contributed by atoms with Gasteiger partial charge in [0.15, 0.2) is 0 Å². The van der Waals surface area contributed by atoms with Gasteiger partial charge in [0.1, 0.15) is 5.75 Å². The zero-order chi connectivity index (χ0) is 12.7. The molecule has 0 amide bonds. The van der Waals surface area contributed by atoms with Gasteiger partial charge in [0, 0.05) is 36.6 Å². The van der Waals surface area contributed by atoms with Gasteiger partial charge in [-0.25, -0.2) is 0 Å². The molecule has 4 nitrogen and oxygen atoms in total. The molecule has 0 aliphatic heterocycles. The van der Waals surface area contributed by atoms with Crippen molar-refractivity contribution in [2.45, 2.75) is 13.8 Å². The first-order valence-corrected chi connectivity index (χ1v) is 5.91. The lowest BCUT2D eigenvalue weighted by Gasteiger charge is -2.21. The average molecular weight is 236 g/mol. The Bertz CT molecular complexity index is 374. The molecule has 0 fully saturated rings. The topological polar surface area (TPSA) is 56.1 Å². The summed E-state index contributed by atoms with van der Waals surface area (Å²) in [4.78, 5) is 6.15. The number of benzene rings is 1. The smallest absolute Gasteiger partial charge is 0.126 e. The van der Waals surface area contributed by atoms with Crippen LogP contribution in [0.15, 0.2) is 23.2 Å². The molecule has 0 heterocycles. The van der Waals surface area contributed by atoms with Crippen LogP contribution in [0.2, 0.25) is 0 Å². The van der Waals surface area contributed by atoms with Crippen LogP contribution in [0.3, 0.4) is 0 Å². The molecule has 1 aromatic rings. The number of phenolic OH excluding ortho intramolecular Hbond substituents is 1. The van der Waals surface area contributed by atoms with E-state index in [0.717, 1.165) is 18.8 Å². The number of anilines is 1. The molecule has 17 heavy (non-hydrogen) atoms. The highest BCUT2D eigenvalue weighted by Crippen LogP contribution is 2.23. The van der Waals surface area contributed by atoms with E-state index in [1.807, 2.05) is 12.1 Å². The molecular formula is C13H20N2O2. The molecule has 0 saturated heterocycles. The fraction of sp³-hybridized carbons (Fsp3) is 0.462. The first kappa shape index (κ1) is 13.5. The maximum Gasteiger partial charge on any atom is 0.126 e. The monoisotopic (exact) mass is 236 g/mol. The van der Waals surface area contributed by atoms with Crippen molar-refractivity contribution in [3.05, 3.63) is 23.8 Å². The first-order chi connectivity index (χ1) is 8.22. The molecule has 1 aromatic carbocycles. The minimum absolute atomic E-state index is 0.0226. The van der Waals surface area contributed by atoms with Gasteiger partial charge < -0.3 is 15.1 Å². The molecule has 0 unspecified atom stereocenters. The van der Waals surface area contributed by atoms with Crippen molar-refractivity contribution >= 4 is 11.9 Å². The number of aromatic hydroxyl groups is 1. The van der Waals surface area contributed by atoms with Gasteiger partial charge in [-0.05, 0) is 26.0 Å². The van der Waals surface area contributed by atoms with Gasteiger partial charge in [-0.2, -0.15) is 0 Å². The zero-order valence-electron chi connectivity index (χ0n) is 10.4. The van der Waals surface area contributed by atoms with Crippen LogP contribution in [-0.4, -0.2) is 42.7 Å². The van der Waals surface area contributed by atoms with Crippen LogP contribution >= 0.6 is 0 Å². The van der Waals surface area contributed by atoms with E-state index < -0.39 is 0 Å². The number of nitrogens with zero attached hydrogens (tertiary/aromatic N) is 2. The summed E-state index contributed by atoms with van der Waals surface area (Å²) in [6.07, 6.45) is 1.58. The van der Waals surface area contributed by atoms with Crippen molar-refractivity contribution in [3.8, 4) is 5.75 Å². The quantitative estimate of drug-likeness (QED) is 0.738. The van der Waals surface area contributed by atoms with Crippen LogP contribution in [0.4, 0.5) is 5.69 Å². The Morgan fingerprint density at radius 2 is 2.00 bits per heavy atom. The van der Waals surface area contributed by atoms with Crippen LogP contribution in [0.25, 0.3) is 0 Å². The number of hydrogen-bond donors (Lipinski definition) is 2. The highest BCUT2D eigenvalue weighted by atomic mass is 16.3. The number of aliphatic hydroxyl groups is 1. The Kier molecular flexibility index (Phi) is 5.49. The van der Waals surface area contributed by atoms with Crippen molar-refractivity contribution in [1.29, 1.82) is 0 Å². The summed E-state index contributed by atoms with van der Waals surface area (Å²) < 4.78 is 0. The Morgan fingerprint density at radius 3 is 2.53 bits per heavy atom. The van der Waals surface area contributed by atoms with Gasteiger partial charge in [0.05, 0.1) is 13.2 Å². The molecule has 1 rings (SSSR count). The van der Waals surface area contributed by atoms with E-state index in [1.54, 1.807) is 12.3 Å². The Balaban J connectivity index is 2.85. The van der Waals surface area contributed by atoms with Crippen molar-refractivity contribution < 1.29 is 10.2 Å². The maximum absolute atomic E-state index is 9.85. The summed E-state index contributed by atoms with van der Waals surface area (Å²) >= 11 is 0. The van der Waals surface area contributed by atoms with Gasteiger partial charge >= 0.3 is 0 Å². The van der Waals surface area contributed by atoms with Crippen molar-refractivity contribution in [2.75, 3.05) is 31.1 Å². The molecule has 0 radical (unpaired) electrons. The highest BCUT2D eigenvalue weighted by Gasteiger charge is 2.05. The van der Waals surface area contributed by atoms with Gasteiger partial charge in [-0.15, -0.1) is 0 Å². The summed E-state index contributed by atoms with van der Waals surface area (Å²) in [5, 5.41) is 18.5. The van der Waals surface area contributed by atoms with E-state index in [1.165, 1.54) is 0 Å². The number of aliphatic imine (C=N–C) groups is 1. The van der Waals surface area contributed by atoms with E-state index in [9.17, 15) is 5.11 Å². The van der Waals surface area contributed by atoms with Gasteiger partial charge in [0.25, 0.3) is 0 Å². The van der Waals surface area contributed by atoms with E-state index in [-0.39, 0.29) is 12.4 Å². The minimum atomic E-state index is 0.0226. The van der Waals surface area contributed by atoms with Gasteiger partial charge in [0.2, 0.25) is 0 Å². The third-order valence-corrected chi connectivity index (χ3v) is 2.60. The lowest BCUT2D eigenvalue weighted by Crippen LogP contribution is -2.21. The molecule has 0 spiro atoms. The third kappa shape index (κ3) is 3.75. The van der Waals surface area contributed by atoms with Crippen molar-refractivity contribution in [3.63, 3.8) is 0 Å². The summed E-state index contributed by atoms with van der Waals surface area (Å²) in [6, 6.07) is 5.55. The maximum atomic E-state index is 9.85. The first-order valence-electron chi connectivity index (χ1n) is 5.91. The molecule has 94 valence electrons. The van der Waals surface area contributed by atoms with E-state index in [0.29, 0.717) is 12.1 Å². The Morgan fingerprint density at radius 1 is 1.29 bits per heavy atom. The molecule has 0 aliphatic carbocycles. The van der Waals surface area contributed by atoms with Crippen LogP contribution in [0, 0.1) is 0 Å². The molecular weight excluding hydrogens is 216 g/mol. The SMILES string of the molecule is CCN(CC)c1ccc(/C=N/CCO)c(O)c1. The van der Waals surface area contributed by atoms with E-state index in [2.05, 4.69) is 23.7 Å². The zero-order valence-corrected chi connectivity index (χ0v) is 10.4. The fourth-order valence-corrected chi connectivity index (χ4v) is 1.65. The predicted molar refractivity (Wildman–Crippen MR) is 71.2 cm³/mol. The van der Waals surface area contributed by atoms with E-state index in [4.69, 9.17) is 5.11 Å². The van der Waals surface area contributed by atoms with Gasteiger partial charge in [-0.1, -0.05) is 0 Å². The van der Waals surface area contributed by atoms with Crippen molar-refractivity contribution in [2.24, 2.45) is 4.99 Å². The molecule has 0 bridgehead atoms. The van der Waals surface area contributed by atoms with Crippen LogP contribution in [0.1, 0.15) is 19.4 Å². The molecule has 4 heteroatoms. The largest absolute Gasteiger partial charge is 0.507 e. The number of phenols is 1. The normalized spacial score (nSPS) is 11.0. The molecule has 0 saturated carbocycles. The average Bonchev–Trinajstić information content (AvgIpc) is 2.33. The van der Waals surface area contributed by atoms with Crippen LogP contribution in [0.5, 0.6) is 5.75 Å². The fourth-order valence-electron chi connectivity index (χ4n) is 1.65. The lowest BCUT2D eigenvalue weighted by atomic mass is 10.2. The van der Waals surface area contributed by atoms with Crippen LogP contribution < -0.4 is 4.90 Å². The number of rotatable bonds is 6. The van der Waals surface area contributed by atoms with Gasteiger partial charge in [-0.3, -0.25) is 4.99 Å². The third-order valence-electron chi connectivity index (χ3n) is 2.60. The standard InChI is InChI=1S/C13H20N2O2/c1-3-15(4-2)12-6-5-11(13(17)9-12)10-14-7-8-16/h5-6,9-10,16-17H,3-4,7-8H2,1-2H3/b14-10+. The minimum Gasteiger partial charge on any atom is -0.507 e. The number of hydrogen-bond acceptors (Lipinski definition) is 4. The lowest BCUT2D eigenvalue weighted by molar-refractivity contribution is 0.307. The summed E-state index contributed by atoms with van der Waals surface area (Å²) in [5.74, 6) is 0.219.